The SMILES string of the molecule is C=c1/c(=C(/C)C(C)c2ccccc2N)[nH]c2ccccc12. The monoisotopic (exact) mass is 276 g/mol. The smallest absolute Gasteiger partial charge is 0.0464 e. The second-order valence-electron chi connectivity index (χ2n) is 5.56. The number of fused-ring (bicyclic) bond motifs is 1. The van der Waals surface area contributed by atoms with Crippen LogP contribution in [-0.4, -0.2) is 4.98 Å². The molecule has 0 amide bonds. The molecular formula is C19H20N2. The van der Waals surface area contributed by atoms with Crippen molar-refractivity contribution in [1.29, 1.82) is 0 Å². The summed E-state index contributed by atoms with van der Waals surface area (Å²) < 4.78 is 0. The molecule has 1 aromatic heterocycles. The lowest BCUT2D eigenvalue weighted by atomic mass is 9.92. The molecule has 3 rings (SSSR count). The minimum absolute atomic E-state index is 0.250. The van der Waals surface area contributed by atoms with Gasteiger partial charge in [-0.05, 0) is 30.2 Å². The molecule has 3 aromatic rings. The van der Waals surface area contributed by atoms with Crippen LogP contribution in [0.2, 0.25) is 0 Å². The Morgan fingerprint density at radius 3 is 2.48 bits per heavy atom. The van der Waals surface area contributed by atoms with Crippen molar-refractivity contribution in [3.63, 3.8) is 0 Å². The van der Waals surface area contributed by atoms with Crippen LogP contribution in [0.15, 0.2) is 48.5 Å². The van der Waals surface area contributed by atoms with Gasteiger partial charge in [-0.1, -0.05) is 49.9 Å². The summed E-state index contributed by atoms with van der Waals surface area (Å²) in [5.41, 5.74) is 10.5. The summed E-state index contributed by atoms with van der Waals surface area (Å²) in [4.78, 5) is 3.49. The molecule has 1 heterocycles. The number of aromatic nitrogens is 1. The number of nitrogen functional groups attached to an aromatic ring is 1. The average molecular weight is 276 g/mol. The molecular weight excluding hydrogens is 256 g/mol. The Kier molecular flexibility index (Phi) is 3.30. The summed E-state index contributed by atoms with van der Waals surface area (Å²) >= 11 is 0. The number of nitrogens with two attached hydrogens (primary N) is 1. The number of para-hydroxylation sites is 2. The molecule has 2 nitrogen and oxygen atoms in total. The zero-order valence-electron chi connectivity index (χ0n) is 12.5. The third-order valence-corrected chi connectivity index (χ3v) is 4.32. The molecule has 0 saturated heterocycles. The first-order valence-corrected chi connectivity index (χ1v) is 7.20. The molecule has 21 heavy (non-hydrogen) atoms. The fourth-order valence-electron chi connectivity index (χ4n) is 2.89. The average Bonchev–Trinajstić information content (AvgIpc) is 2.84. The van der Waals surface area contributed by atoms with Crippen LogP contribution < -0.4 is 16.3 Å². The zero-order chi connectivity index (χ0) is 15.0. The number of H-pyrrole nitrogens is 1. The molecule has 1 atom stereocenters. The fraction of sp³-hybridized carbons (Fsp3) is 0.158. The largest absolute Gasteiger partial charge is 0.398 e. The maximum atomic E-state index is 6.11. The molecule has 3 N–H and O–H groups in total. The van der Waals surface area contributed by atoms with Gasteiger partial charge in [-0.3, -0.25) is 0 Å². The minimum Gasteiger partial charge on any atom is -0.398 e. The molecule has 2 aromatic carbocycles. The number of rotatable bonds is 2. The van der Waals surface area contributed by atoms with Gasteiger partial charge in [0.15, 0.2) is 0 Å². The van der Waals surface area contributed by atoms with Crippen molar-refractivity contribution in [1.82, 2.24) is 4.98 Å². The first kappa shape index (κ1) is 13.5. The van der Waals surface area contributed by atoms with Crippen LogP contribution in [-0.2, 0) is 0 Å². The molecule has 0 bridgehead atoms. The van der Waals surface area contributed by atoms with E-state index in [1.54, 1.807) is 0 Å². The van der Waals surface area contributed by atoms with Crippen molar-refractivity contribution in [3.05, 3.63) is 64.7 Å². The quantitative estimate of drug-likeness (QED) is 0.694. The number of hydrogen-bond acceptors (Lipinski definition) is 1. The summed E-state index contributed by atoms with van der Waals surface area (Å²) in [6.45, 7) is 8.58. The molecule has 0 saturated carbocycles. The van der Waals surface area contributed by atoms with Crippen molar-refractivity contribution in [2.24, 2.45) is 0 Å². The number of anilines is 1. The molecule has 0 aliphatic rings. The lowest BCUT2D eigenvalue weighted by Crippen LogP contribution is -2.25. The zero-order valence-corrected chi connectivity index (χ0v) is 12.5. The highest BCUT2D eigenvalue weighted by molar-refractivity contribution is 5.81. The van der Waals surface area contributed by atoms with Gasteiger partial charge in [-0.15, -0.1) is 0 Å². The van der Waals surface area contributed by atoms with Crippen LogP contribution in [0.25, 0.3) is 23.1 Å². The standard InChI is InChI=1S/C19H20N2/c1-12(15-8-4-6-10-17(15)20)13(2)19-14(3)16-9-5-7-11-18(16)21-19/h4-12,21H,3,20H2,1-2H3/b19-13+. The molecule has 106 valence electrons. The Bertz CT molecular complexity index is 903. The van der Waals surface area contributed by atoms with Crippen molar-refractivity contribution in [2.75, 3.05) is 5.73 Å². The molecule has 1 unspecified atom stereocenters. The highest BCUT2D eigenvalue weighted by Crippen LogP contribution is 2.27. The second kappa shape index (κ2) is 5.13. The van der Waals surface area contributed by atoms with Gasteiger partial charge in [0.05, 0.1) is 0 Å². The Morgan fingerprint density at radius 2 is 1.76 bits per heavy atom. The maximum absolute atomic E-state index is 6.11. The van der Waals surface area contributed by atoms with Gasteiger partial charge in [0.25, 0.3) is 0 Å². The molecule has 0 fully saturated rings. The van der Waals surface area contributed by atoms with Crippen LogP contribution in [0.3, 0.4) is 0 Å². The third kappa shape index (κ3) is 2.23. The van der Waals surface area contributed by atoms with Crippen molar-refractivity contribution in [3.8, 4) is 0 Å². The Labute approximate surface area is 124 Å². The van der Waals surface area contributed by atoms with Crippen molar-refractivity contribution >= 4 is 28.7 Å². The lowest BCUT2D eigenvalue weighted by Gasteiger charge is -2.14. The predicted octanol–water partition coefficient (Wildman–Crippen LogP) is 3.13. The van der Waals surface area contributed by atoms with E-state index in [0.717, 1.165) is 27.3 Å². The molecule has 0 aliphatic carbocycles. The van der Waals surface area contributed by atoms with E-state index >= 15 is 0 Å². The Hall–Kier alpha value is -2.48. The molecule has 2 heteroatoms. The highest BCUT2D eigenvalue weighted by atomic mass is 14.7. The van der Waals surface area contributed by atoms with Crippen molar-refractivity contribution < 1.29 is 0 Å². The summed E-state index contributed by atoms with van der Waals surface area (Å²) in [7, 11) is 0. The van der Waals surface area contributed by atoms with Gasteiger partial charge in [-0.2, -0.15) is 0 Å². The lowest BCUT2D eigenvalue weighted by molar-refractivity contribution is 0.967. The van der Waals surface area contributed by atoms with Gasteiger partial charge in [0.2, 0.25) is 0 Å². The Morgan fingerprint density at radius 1 is 1.10 bits per heavy atom. The van der Waals surface area contributed by atoms with E-state index in [1.165, 1.54) is 11.0 Å². The van der Waals surface area contributed by atoms with E-state index in [9.17, 15) is 0 Å². The van der Waals surface area contributed by atoms with Crippen LogP contribution in [0, 0.1) is 0 Å². The van der Waals surface area contributed by atoms with Gasteiger partial charge in [0.1, 0.15) is 0 Å². The number of nitrogens with one attached hydrogen (secondary N) is 1. The van der Waals surface area contributed by atoms with Crippen LogP contribution in [0.5, 0.6) is 0 Å². The van der Waals surface area contributed by atoms with Gasteiger partial charge in [0, 0.05) is 33.1 Å². The second-order valence-corrected chi connectivity index (χ2v) is 5.56. The molecule has 0 radical (unpaired) electrons. The van der Waals surface area contributed by atoms with Crippen LogP contribution in [0.1, 0.15) is 25.3 Å². The van der Waals surface area contributed by atoms with E-state index in [2.05, 4.69) is 43.6 Å². The first-order valence-electron chi connectivity index (χ1n) is 7.20. The normalized spacial score (nSPS) is 14.2. The highest BCUT2D eigenvalue weighted by Gasteiger charge is 2.12. The van der Waals surface area contributed by atoms with E-state index in [0.29, 0.717) is 0 Å². The summed E-state index contributed by atoms with van der Waals surface area (Å²) in [5, 5.41) is 3.36. The maximum Gasteiger partial charge on any atom is 0.0464 e. The van der Waals surface area contributed by atoms with Gasteiger partial charge >= 0.3 is 0 Å². The van der Waals surface area contributed by atoms with Crippen molar-refractivity contribution in [2.45, 2.75) is 19.8 Å². The summed E-state index contributed by atoms with van der Waals surface area (Å²) in [6.07, 6.45) is 0. The van der Waals surface area contributed by atoms with E-state index in [1.807, 2.05) is 30.3 Å². The summed E-state index contributed by atoms with van der Waals surface area (Å²) in [6, 6.07) is 16.3. The third-order valence-electron chi connectivity index (χ3n) is 4.32. The van der Waals surface area contributed by atoms with Crippen LogP contribution >= 0.6 is 0 Å². The minimum atomic E-state index is 0.250. The summed E-state index contributed by atoms with van der Waals surface area (Å²) in [5.74, 6) is 0.250. The number of benzene rings is 2. The van der Waals surface area contributed by atoms with E-state index in [4.69, 9.17) is 5.73 Å². The van der Waals surface area contributed by atoms with Crippen LogP contribution in [0.4, 0.5) is 5.69 Å². The van der Waals surface area contributed by atoms with E-state index in [-0.39, 0.29) is 5.92 Å². The molecule has 0 aliphatic heterocycles. The van der Waals surface area contributed by atoms with E-state index < -0.39 is 0 Å². The molecule has 0 spiro atoms. The predicted molar refractivity (Wildman–Crippen MR) is 91.4 cm³/mol. The van der Waals surface area contributed by atoms with Gasteiger partial charge in [-0.25, -0.2) is 0 Å². The fourth-order valence-corrected chi connectivity index (χ4v) is 2.89. The number of hydrogen-bond donors (Lipinski definition) is 2. The Balaban J connectivity index is 2.23. The van der Waals surface area contributed by atoms with Gasteiger partial charge < -0.3 is 10.7 Å². The number of aromatic amines is 1. The topological polar surface area (TPSA) is 41.8 Å². The first-order chi connectivity index (χ1) is 10.1.